The molecule has 0 bridgehead atoms. The SMILES string of the molecule is CCOc1cc(C(CS(C)(=O)=O)n2cc3ccccc3c2)ccc1OC. The first kappa shape index (κ1) is 18.3. The van der Waals surface area contributed by atoms with Gasteiger partial charge in [-0.15, -0.1) is 0 Å². The first-order chi connectivity index (χ1) is 12.4. The lowest BCUT2D eigenvalue weighted by Crippen LogP contribution is -2.19. The van der Waals surface area contributed by atoms with Crippen molar-refractivity contribution in [2.24, 2.45) is 0 Å². The van der Waals surface area contributed by atoms with Gasteiger partial charge in [-0.25, -0.2) is 8.42 Å². The molecule has 26 heavy (non-hydrogen) atoms. The van der Waals surface area contributed by atoms with Gasteiger partial charge in [0.2, 0.25) is 0 Å². The van der Waals surface area contributed by atoms with Gasteiger partial charge < -0.3 is 14.0 Å². The van der Waals surface area contributed by atoms with Gasteiger partial charge in [-0.1, -0.05) is 30.3 Å². The van der Waals surface area contributed by atoms with Crippen molar-refractivity contribution in [2.75, 3.05) is 25.7 Å². The minimum absolute atomic E-state index is 0.00584. The fraction of sp³-hybridized carbons (Fsp3) is 0.300. The summed E-state index contributed by atoms with van der Waals surface area (Å²) in [4.78, 5) is 0. The van der Waals surface area contributed by atoms with Gasteiger partial charge in [0, 0.05) is 18.6 Å². The van der Waals surface area contributed by atoms with Crippen molar-refractivity contribution >= 4 is 20.6 Å². The molecule has 0 aliphatic heterocycles. The maximum absolute atomic E-state index is 12.1. The smallest absolute Gasteiger partial charge is 0.161 e. The second-order valence-electron chi connectivity index (χ2n) is 6.29. The van der Waals surface area contributed by atoms with E-state index in [1.54, 1.807) is 7.11 Å². The normalized spacial score (nSPS) is 12.9. The Morgan fingerprint density at radius 2 is 1.69 bits per heavy atom. The molecule has 1 heterocycles. The number of sulfone groups is 1. The van der Waals surface area contributed by atoms with Gasteiger partial charge in [-0.2, -0.15) is 0 Å². The van der Waals surface area contributed by atoms with Crippen molar-refractivity contribution < 1.29 is 17.9 Å². The highest BCUT2D eigenvalue weighted by Crippen LogP contribution is 2.33. The van der Waals surface area contributed by atoms with Crippen LogP contribution in [0, 0.1) is 0 Å². The van der Waals surface area contributed by atoms with Crippen LogP contribution in [0.15, 0.2) is 54.9 Å². The molecular weight excluding hydrogens is 350 g/mol. The lowest BCUT2D eigenvalue weighted by Gasteiger charge is -2.20. The molecule has 6 heteroatoms. The molecular formula is C20H23NO4S. The highest BCUT2D eigenvalue weighted by molar-refractivity contribution is 7.90. The molecule has 1 atom stereocenters. The van der Waals surface area contributed by atoms with E-state index in [1.807, 2.05) is 66.3 Å². The fourth-order valence-corrected chi connectivity index (χ4v) is 4.03. The average Bonchev–Trinajstić information content (AvgIpc) is 3.03. The molecule has 0 N–H and O–H groups in total. The van der Waals surface area contributed by atoms with E-state index in [9.17, 15) is 8.42 Å². The molecule has 1 aromatic heterocycles. The molecule has 2 aromatic carbocycles. The summed E-state index contributed by atoms with van der Waals surface area (Å²) in [5.74, 6) is 1.25. The molecule has 0 aliphatic rings. The molecule has 0 radical (unpaired) electrons. The number of methoxy groups -OCH3 is 1. The zero-order chi connectivity index (χ0) is 18.7. The Morgan fingerprint density at radius 3 is 2.23 bits per heavy atom. The topological polar surface area (TPSA) is 57.5 Å². The zero-order valence-corrected chi connectivity index (χ0v) is 16.0. The maximum Gasteiger partial charge on any atom is 0.161 e. The van der Waals surface area contributed by atoms with Crippen LogP contribution in [-0.4, -0.2) is 38.7 Å². The van der Waals surface area contributed by atoms with E-state index in [0.29, 0.717) is 18.1 Å². The third kappa shape index (κ3) is 4.02. The zero-order valence-electron chi connectivity index (χ0n) is 15.2. The van der Waals surface area contributed by atoms with Crippen LogP contribution in [-0.2, 0) is 9.84 Å². The average molecular weight is 373 g/mol. The fourth-order valence-electron chi connectivity index (χ4n) is 3.09. The van der Waals surface area contributed by atoms with Gasteiger partial charge >= 0.3 is 0 Å². The quantitative estimate of drug-likeness (QED) is 0.634. The molecule has 0 saturated heterocycles. The summed E-state index contributed by atoms with van der Waals surface area (Å²) in [5.41, 5.74) is 0.861. The van der Waals surface area contributed by atoms with Crippen LogP contribution in [0.4, 0.5) is 0 Å². The van der Waals surface area contributed by atoms with Crippen LogP contribution in [0.2, 0.25) is 0 Å². The minimum atomic E-state index is -3.19. The molecule has 0 aliphatic carbocycles. The highest BCUT2D eigenvalue weighted by Gasteiger charge is 2.21. The molecule has 3 rings (SSSR count). The van der Waals surface area contributed by atoms with Gasteiger partial charge in [0.25, 0.3) is 0 Å². The lowest BCUT2D eigenvalue weighted by atomic mass is 10.1. The second-order valence-corrected chi connectivity index (χ2v) is 8.47. The molecule has 0 spiro atoms. The Labute approximate surface area is 154 Å². The Kier molecular flexibility index (Phi) is 5.23. The van der Waals surface area contributed by atoms with E-state index >= 15 is 0 Å². The van der Waals surface area contributed by atoms with Crippen LogP contribution in [0.3, 0.4) is 0 Å². The number of hydrogen-bond acceptors (Lipinski definition) is 4. The van der Waals surface area contributed by atoms with Crippen molar-refractivity contribution in [1.29, 1.82) is 0 Å². The van der Waals surface area contributed by atoms with Gasteiger partial charge in [0.1, 0.15) is 9.84 Å². The number of benzene rings is 2. The Morgan fingerprint density at radius 1 is 1.04 bits per heavy atom. The number of rotatable bonds is 7. The number of aromatic nitrogens is 1. The van der Waals surface area contributed by atoms with E-state index in [4.69, 9.17) is 9.47 Å². The largest absolute Gasteiger partial charge is 0.493 e. The van der Waals surface area contributed by atoms with E-state index < -0.39 is 9.84 Å². The van der Waals surface area contributed by atoms with Crippen LogP contribution < -0.4 is 9.47 Å². The summed E-state index contributed by atoms with van der Waals surface area (Å²) in [6.07, 6.45) is 5.22. The van der Waals surface area contributed by atoms with Crippen molar-refractivity contribution in [3.05, 3.63) is 60.4 Å². The van der Waals surface area contributed by atoms with Crippen molar-refractivity contribution in [2.45, 2.75) is 13.0 Å². The van der Waals surface area contributed by atoms with Gasteiger partial charge in [-0.3, -0.25) is 0 Å². The predicted molar refractivity (Wildman–Crippen MR) is 104 cm³/mol. The number of nitrogens with zero attached hydrogens (tertiary/aromatic N) is 1. The van der Waals surface area contributed by atoms with Crippen molar-refractivity contribution in [3.63, 3.8) is 0 Å². The molecule has 0 saturated carbocycles. The monoisotopic (exact) mass is 373 g/mol. The third-order valence-electron chi connectivity index (χ3n) is 4.27. The van der Waals surface area contributed by atoms with Crippen LogP contribution >= 0.6 is 0 Å². The van der Waals surface area contributed by atoms with Crippen LogP contribution in [0.5, 0.6) is 11.5 Å². The van der Waals surface area contributed by atoms with Crippen molar-refractivity contribution in [1.82, 2.24) is 4.57 Å². The van der Waals surface area contributed by atoms with E-state index in [2.05, 4.69) is 0 Å². The number of fused-ring (bicyclic) bond motifs is 1. The predicted octanol–water partition coefficient (Wildman–Crippen LogP) is 3.68. The van der Waals surface area contributed by atoms with E-state index in [-0.39, 0.29) is 11.8 Å². The molecule has 1 unspecified atom stereocenters. The Balaban J connectivity index is 2.10. The van der Waals surface area contributed by atoms with E-state index in [1.165, 1.54) is 6.26 Å². The summed E-state index contributed by atoms with van der Waals surface area (Å²) >= 11 is 0. The van der Waals surface area contributed by atoms with Gasteiger partial charge in [0.15, 0.2) is 11.5 Å². The molecule has 138 valence electrons. The first-order valence-electron chi connectivity index (χ1n) is 8.46. The molecule has 3 aromatic rings. The molecule has 0 fully saturated rings. The highest BCUT2D eigenvalue weighted by atomic mass is 32.2. The summed E-state index contributed by atoms with van der Waals surface area (Å²) in [6.45, 7) is 2.41. The Bertz CT molecular complexity index is 975. The van der Waals surface area contributed by atoms with E-state index in [0.717, 1.165) is 16.3 Å². The minimum Gasteiger partial charge on any atom is -0.493 e. The summed E-state index contributed by atoms with van der Waals surface area (Å²) < 4.78 is 37.1. The van der Waals surface area contributed by atoms with Crippen LogP contribution in [0.1, 0.15) is 18.5 Å². The van der Waals surface area contributed by atoms with Crippen molar-refractivity contribution in [3.8, 4) is 11.5 Å². The summed E-state index contributed by atoms with van der Waals surface area (Å²) in [7, 11) is -1.60. The Hall–Kier alpha value is -2.47. The summed E-state index contributed by atoms with van der Waals surface area (Å²) in [5, 5.41) is 2.15. The first-order valence-corrected chi connectivity index (χ1v) is 10.5. The third-order valence-corrected chi connectivity index (χ3v) is 5.19. The van der Waals surface area contributed by atoms with Crippen LogP contribution in [0.25, 0.3) is 10.8 Å². The lowest BCUT2D eigenvalue weighted by molar-refractivity contribution is 0.310. The standard InChI is InChI=1S/C20H23NO4S/c1-4-25-20-11-15(9-10-19(20)24-2)18(14-26(3,22)23)21-12-16-7-5-6-8-17(16)13-21/h5-13,18H,4,14H2,1-3H3. The summed E-state index contributed by atoms with van der Waals surface area (Å²) in [6, 6.07) is 13.2. The molecule has 5 nitrogen and oxygen atoms in total. The van der Waals surface area contributed by atoms with Gasteiger partial charge in [0.05, 0.1) is 25.5 Å². The molecule has 0 amide bonds. The maximum atomic E-state index is 12.1. The number of hydrogen-bond donors (Lipinski definition) is 0. The van der Waals surface area contributed by atoms with Gasteiger partial charge in [-0.05, 0) is 35.4 Å². The second kappa shape index (κ2) is 7.41. The number of ether oxygens (including phenoxy) is 2.